The Morgan fingerprint density at radius 2 is 1.84 bits per heavy atom. The largest absolute Gasteiger partial charge is 0.494 e. The molecule has 0 radical (unpaired) electrons. The topological polar surface area (TPSA) is 81.0 Å². The first-order valence-electron chi connectivity index (χ1n) is 5.58. The van der Waals surface area contributed by atoms with Crippen molar-refractivity contribution in [3.63, 3.8) is 0 Å². The highest BCUT2D eigenvalue weighted by Gasteiger charge is 2.12. The number of pyridine rings is 2. The molecule has 0 saturated carbocycles. The Labute approximate surface area is 108 Å². The van der Waals surface area contributed by atoms with Gasteiger partial charge in [-0.15, -0.1) is 0 Å². The Kier molecular flexibility index (Phi) is 2.68. The fourth-order valence-electron chi connectivity index (χ4n) is 1.82. The molecule has 94 valence electrons. The lowest BCUT2D eigenvalue weighted by Crippen LogP contribution is -1.94. The summed E-state index contributed by atoms with van der Waals surface area (Å²) in [7, 11) is 1.51. The van der Waals surface area contributed by atoms with Crippen molar-refractivity contribution in [2.45, 2.75) is 0 Å². The van der Waals surface area contributed by atoms with Crippen LogP contribution in [0.4, 0.5) is 0 Å². The average Bonchev–Trinajstić information content (AvgIpc) is 2.47. The maximum absolute atomic E-state index is 10.1. The summed E-state index contributed by atoms with van der Waals surface area (Å²) < 4.78 is 5.14. The zero-order chi connectivity index (χ0) is 13.2. The van der Waals surface area contributed by atoms with E-state index in [1.807, 2.05) is 0 Å². The molecule has 3 heterocycles. The van der Waals surface area contributed by atoms with Crippen molar-refractivity contribution >= 4 is 10.9 Å². The van der Waals surface area contributed by atoms with Crippen molar-refractivity contribution in [2.24, 2.45) is 0 Å². The van der Waals surface area contributed by atoms with Gasteiger partial charge in [0.1, 0.15) is 10.9 Å². The van der Waals surface area contributed by atoms with Crippen LogP contribution >= 0.6 is 0 Å². The summed E-state index contributed by atoms with van der Waals surface area (Å²) >= 11 is 0. The van der Waals surface area contributed by atoms with Gasteiger partial charge in [0.25, 0.3) is 0 Å². The van der Waals surface area contributed by atoms with Gasteiger partial charge < -0.3 is 9.84 Å². The number of aromatic nitrogens is 4. The molecule has 1 N–H and O–H groups in total. The van der Waals surface area contributed by atoms with E-state index in [2.05, 4.69) is 19.9 Å². The first-order valence-corrected chi connectivity index (χ1v) is 5.58. The lowest BCUT2D eigenvalue weighted by atomic mass is 10.2. The van der Waals surface area contributed by atoms with Crippen molar-refractivity contribution in [1.82, 2.24) is 19.9 Å². The highest BCUT2D eigenvalue weighted by Crippen LogP contribution is 2.31. The minimum Gasteiger partial charge on any atom is -0.494 e. The van der Waals surface area contributed by atoms with Gasteiger partial charge in [-0.05, 0) is 12.1 Å². The molecule has 3 aromatic rings. The van der Waals surface area contributed by atoms with Crippen LogP contribution in [0, 0.1) is 0 Å². The van der Waals surface area contributed by atoms with Crippen LogP contribution < -0.4 is 4.74 Å². The van der Waals surface area contributed by atoms with E-state index in [1.54, 1.807) is 30.7 Å². The van der Waals surface area contributed by atoms with Crippen LogP contribution in [-0.4, -0.2) is 32.2 Å². The lowest BCUT2D eigenvalue weighted by Gasteiger charge is -2.07. The minimum absolute atomic E-state index is 0.129. The van der Waals surface area contributed by atoms with E-state index in [1.165, 1.54) is 13.3 Å². The molecule has 19 heavy (non-hydrogen) atoms. The number of aromatic hydroxyl groups is 1. The number of hydrogen-bond donors (Lipinski definition) is 1. The highest BCUT2D eigenvalue weighted by atomic mass is 16.5. The number of fused-ring (bicyclic) bond motifs is 1. The number of ether oxygens (including phenoxy) is 1. The second kappa shape index (κ2) is 4.49. The first-order chi connectivity index (χ1) is 9.29. The third-order valence-corrected chi connectivity index (χ3v) is 2.71. The summed E-state index contributed by atoms with van der Waals surface area (Å²) in [5.74, 6) is 0.731. The first kappa shape index (κ1) is 11.3. The molecule has 3 rings (SSSR count). The summed E-state index contributed by atoms with van der Waals surface area (Å²) in [5.41, 5.74) is 1.30. The van der Waals surface area contributed by atoms with E-state index in [9.17, 15) is 5.11 Å². The molecule has 3 aromatic heterocycles. The zero-order valence-electron chi connectivity index (χ0n) is 10.1. The molecule has 0 aliphatic carbocycles. The van der Waals surface area contributed by atoms with Crippen LogP contribution in [0.2, 0.25) is 0 Å². The van der Waals surface area contributed by atoms with Crippen molar-refractivity contribution in [2.75, 3.05) is 7.11 Å². The van der Waals surface area contributed by atoms with E-state index in [-0.39, 0.29) is 5.88 Å². The third kappa shape index (κ3) is 1.93. The van der Waals surface area contributed by atoms with Gasteiger partial charge in [-0.25, -0.2) is 4.98 Å². The predicted octanol–water partition coefficient (Wildman–Crippen LogP) is 1.80. The normalized spacial score (nSPS) is 10.6. The minimum atomic E-state index is -0.129. The summed E-state index contributed by atoms with van der Waals surface area (Å²) in [4.78, 5) is 16.4. The number of nitrogens with zero attached hydrogens (tertiary/aromatic N) is 4. The average molecular weight is 254 g/mol. The summed E-state index contributed by atoms with van der Waals surface area (Å²) in [6.45, 7) is 0. The monoisotopic (exact) mass is 254 g/mol. The second-order valence-electron chi connectivity index (χ2n) is 3.84. The number of hydrogen-bond acceptors (Lipinski definition) is 6. The molecule has 0 atom stereocenters. The van der Waals surface area contributed by atoms with Crippen LogP contribution in [0.15, 0.2) is 36.9 Å². The van der Waals surface area contributed by atoms with Crippen molar-refractivity contribution in [3.05, 3.63) is 36.9 Å². The van der Waals surface area contributed by atoms with Crippen LogP contribution in [0.5, 0.6) is 11.6 Å². The standard InChI is InChI=1S/C13H10N4O2/c1-19-10-7-15-6-9-11(10)13(18)17-12(16-9)8-2-4-14-5-3-8/h2-7H,1H3,(H,16,17,18). The number of rotatable bonds is 2. The van der Waals surface area contributed by atoms with Crippen LogP contribution in [0.3, 0.4) is 0 Å². The third-order valence-electron chi connectivity index (χ3n) is 2.71. The molecule has 0 aliphatic heterocycles. The zero-order valence-corrected chi connectivity index (χ0v) is 10.1. The van der Waals surface area contributed by atoms with E-state index in [0.29, 0.717) is 22.5 Å². The lowest BCUT2D eigenvalue weighted by molar-refractivity contribution is 0.412. The van der Waals surface area contributed by atoms with Crippen LogP contribution in [0.25, 0.3) is 22.3 Å². The summed E-state index contributed by atoms with van der Waals surface area (Å²) in [6.07, 6.45) is 6.36. The van der Waals surface area contributed by atoms with Crippen molar-refractivity contribution < 1.29 is 9.84 Å². The van der Waals surface area contributed by atoms with E-state index in [0.717, 1.165) is 5.56 Å². The van der Waals surface area contributed by atoms with E-state index < -0.39 is 0 Å². The van der Waals surface area contributed by atoms with Gasteiger partial charge in [0, 0.05) is 18.0 Å². The Hall–Kier alpha value is -2.76. The second-order valence-corrected chi connectivity index (χ2v) is 3.84. The Bertz CT molecular complexity index is 731. The molecular weight excluding hydrogens is 244 g/mol. The Balaban J connectivity index is 2.26. The van der Waals surface area contributed by atoms with Crippen molar-refractivity contribution in [1.29, 1.82) is 0 Å². The van der Waals surface area contributed by atoms with E-state index >= 15 is 0 Å². The van der Waals surface area contributed by atoms with Crippen LogP contribution in [0.1, 0.15) is 0 Å². The smallest absolute Gasteiger partial charge is 0.226 e. The summed E-state index contributed by atoms with van der Waals surface area (Å²) in [6, 6.07) is 3.54. The fourth-order valence-corrected chi connectivity index (χ4v) is 1.82. The fraction of sp³-hybridized carbons (Fsp3) is 0.0769. The highest BCUT2D eigenvalue weighted by molar-refractivity contribution is 5.89. The summed E-state index contributed by atoms with van der Waals surface area (Å²) in [5, 5.41) is 10.5. The van der Waals surface area contributed by atoms with Gasteiger partial charge in [-0.3, -0.25) is 9.97 Å². The molecule has 0 aliphatic rings. The molecule has 0 saturated heterocycles. The maximum atomic E-state index is 10.1. The predicted molar refractivity (Wildman–Crippen MR) is 68.8 cm³/mol. The quantitative estimate of drug-likeness (QED) is 0.751. The molecule has 0 bridgehead atoms. The van der Waals surface area contributed by atoms with Gasteiger partial charge in [0.15, 0.2) is 11.6 Å². The van der Waals surface area contributed by atoms with Gasteiger partial charge >= 0.3 is 0 Å². The van der Waals surface area contributed by atoms with Crippen molar-refractivity contribution in [3.8, 4) is 23.0 Å². The molecule has 0 fully saturated rings. The molecule has 0 amide bonds. The van der Waals surface area contributed by atoms with Gasteiger partial charge in [0.2, 0.25) is 5.88 Å². The Morgan fingerprint density at radius 3 is 2.58 bits per heavy atom. The maximum Gasteiger partial charge on any atom is 0.226 e. The molecule has 0 spiro atoms. The molecule has 0 aromatic carbocycles. The van der Waals surface area contributed by atoms with E-state index in [4.69, 9.17) is 4.74 Å². The SMILES string of the molecule is COc1cncc2nc(-c3ccncc3)nc(O)c12. The van der Waals surface area contributed by atoms with Gasteiger partial charge in [0.05, 0.1) is 19.5 Å². The molecular formula is C13H10N4O2. The van der Waals surface area contributed by atoms with Gasteiger partial charge in [-0.1, -0.05) is 0 Å². The molecule has 6 heteroatoms. The molecule has 0 unspecified atom stereocenters. The van der Waals surface area contributed by atoms with Gasteiger partial charge in [-0.2, -0.15) is 4.98 Å². The Morgan fingerprint density at radius 1 is 1.05 bits per heavy atom. The van der Waals surface area contributed by atoms with Crippen LogP contribution in [-0.2, 0) is 0 Å². The molecule has 6 nitrogen and oxygen atoms in total. The number of methoxy groups -OCH3 is 1.